The first-order valence-electron chi connectivity index (χ1n) is 7.90. The van der Waals surface area contributed by atoms with E-state index in [9.17, 15) is 14.0 Å². The topological polar surface area (TPSA) is 49.9 Å². The van der Waals surface area contributed by atoms with E-state index in [4.69, 9.17) is 16.3 Å². The van der Waals surface area contributed by atoms with Gasteiger partial charge in [-0.05, 0) is 39.3 Å². The predicted molar refractivity (Wildman–Crippen MR) is 89.7 cm³/mol. The maximum Gasteiger partial charge on any atom is 0.410 e. The van der Waals surface area contributed by atoms with Crippen LogP contribution in [0.5, 0.6) is 0 Å². The van der Waals surface area contributed by atoms with Crippen LogP contribution in [-0.4, -0.2) is 53.6 Å². The molecule has 1 aromatic rings. The average molecular weight is 357 g/mol. The van der Waals surface area contributed by atoms with Gasteiger partial charge in [0.15, 0.2) is 0 Å². The third-order valence-electron chi connectivity index (χ3n) is 3.61. The minimum absolute atomic E-state index is 0.0910. The molecule has 0 atom stereocenters. The molecular weight excluding hydrogens is 335 g/mol. The van der Waals surface area contributed by atoms with Gasteiger partial charge in [0.2, 0.25) is 0 Å². The maximum atomic E-state index is 13.9. The van der Waals surface area contributed by atoms with Gasteiger partial charge in [0.1, 0.15) is 11.4 Å². The zero-order chi connectivity index (χ0) is 17.9. The molecule has 0 radical (unpaired) electrons. The highest BCUT2D eigenvalue weighted by molar-refractivity contribution is 6.33. The van der Waals surface area contributed by atoms with Crippen LogP contribution in [0.2, 0.25) is 5.02 Å². The van der Waals surface area contributed by atoms with Crippen molar-refractivity contribution in [2.24, 2.45) is 0 Å². The molecule has 1 aromatic carbocycles. The molecule has 0 spiro atoms. The Hall–Kier alpha value is -1.82. The summed E-state index contributed by atoms with van der Waals surface area (Å²) in [6.45, 7) is 6.98. The van der Waals surface area contributed by atoms with Crippen molar-refractivity contribution in [1.82, 2.24) is 9.80 Å². The fraction of sp³-hybridized carbons (Fsp3) is 0.529. The Morgan fingerprint density at radius 1 is 1.12 bits per heavy atom. The van der Waals surface area contributed by atoms with Crippen molar-refractivity contribution in [2.75, 3.05) is 26.2 Å². The number of halogens is 2. The van der Waals surface area contributed by atoms with Crippen molar-refractivity contribution in [3.05, 3.63) is 34.6 Å². The second-order valence-electron chi connectivity index (χ2n) is 6.71. The fourth-order valence-electron chi connectivity index (χ4n) is 2.49. The average Bonchev–Trinajstić information content (AvgIpc) is 2.71. The number of ether oxygens (including phenoxy) is 1. The van der Waals surface area contributed by atoms with E-state index in [-0.39, 0.29) is 10.6 Å². The summed E-state index contributed by atoms with van der Waals surface area (Å²) in [6.07, 6.45) is 0.192. The molecule has 7 heteroatoms. The summed E-state index contributed by atoms with van der Waals surface area (Å²) in [7, 11) is 0. The van der Waals surface area contributed by atoms with Crippen molar-refractivity contribution in [1.29, 1.82) is 0 Å². The summed E-state index contributed by atoms with van der Waals surface area (Å²) in [5.41, 5.74) is -0.690. The van der Waals surface area contributed by atoms with Gasteiger partial charge < -0.3 is 14.5 Å². The lowest BCUT2D eigenvalue weighted by atomic mass is 10.1. The van der Waals surface area contributed by atoms with Gasteiger partial charge in [-0.25, -0.2) is 9.18 Å². The van der Waals surface area contributed by atoms with E-state index >= 15 is 0 Å². The second-order valence-corrected chi connectivity index (χ2v) is 7.12. The largest absolute Gasteiger partial charge is 0.444 e. The van der Waals surface area contributed by atoms with Crippen molar-refractivity contribution in [3.63, 3.8) is 0 Å². The van der Waals surface area contributed by atoms with Crippen molar-refractivity contribution in [3.8, 4) is 0 Å². The van der Waals surface area contributed by atoms with E-state index in [1.807, 2.05) is 0 Å². The van der Waals surface area contributed by atoms with Crippen molar-refractivity contribution >= 4 is 23.6 Å². The molecule has 0 unspecified atom stereocenters. The summed E-state index contributed by atoms with van der Waals surface area (Å²) < 4.78 is 19.3. The smallest absolute Gasteiger partial charge is 0.410 e. The Balaban J connectivity index is 2.05. The lowest BCUT2D eigenvalue weighted by Gasteiger charge is -2.26. The molecule has 0 aliphatic carbocycles. The molecule has 0 saturated carbocycles. The fourth-order valence-corrected chi connectivity index (χ4v) is 2.73. The number of hydrogen-bond acceptors (Lipinski definition) is 3. The number of amides is 2. The number of rotatable bonds is 1. The van der Waals surface area contributed by atoms with E-state index in [2.05, 4.69) is 0 Å². The van der Waals surface area contributed by atoms with Gasteiger partial charge >= 0.3 is 6.09 Å². The van der Waals surface area contributed by atoms with Crippen LogP contribution in [0.3, 0.4) is 0 Å². The molecule has 0 N–H and O–H groups in total. The minimum atomic E-state index is -0.638. The van der Waals surface area contributed by atoms with E-state index in [0.717, 1.165) is 0 Å². The van der Waals surface area contributed by atoms with Gasteiger partial charge in [-0.2, -0.15) is 0 Å². The summed E-state index contributed by atoms with van der Waals surface area (Å²) in [6, 6.07) is 4.16. The van der Waals surface area contributed by atoms with Gasteiger partial charge in [-0.3, -0.25) is 4.79 Å². The Morgan fingerprint density at radius 2 is 1.75 bits per heavy atom. The molecule has 0 aromatic heterocycles. The normalized spacial score (nSPS) is 15.9. The van der Waals surface area contributed by atoms with Crippen LogP contribution in [-0.2, 0) is 4.74 Å². The molecule has 5 nitrogen and oxygen atoms in total. The third kappa shape index (κ3) is 4.60. The monoisotopic (exact) mass is 356 g/mol. The number of carbonyl (C=O) groups is 2. The summed E-state index contributed by atoms with van der Waals surface area (Å²) >= 11 is 5.96. The lowest BCUT2D eigenvalue weighted by Crippen LogP contribution is -2.40. The first-order chi connectivity index (χ1) is 11.2. The van der Waals surface area contributed by atoms with Crippen LogP contribution in [0.15, 0.2) is 18.2 Å². The van der Waals surface area contributed by atoms with Crippen LogP contribution in [0, 0.1) is 5.82 Å². The van der Waals surface area contributed by atoms with Gasteiger partial charge in [0.25, 0.3) is 5.91 Å². The number of hydrogen-bond donors (Lipinski definition) is 0. The molecule has 1 aliphatic heterocycles. The highest BCUT2D eigenvalue weighted by Crippen LogP contribution is 2.22. The standard InChI is InChI=1S/C17H22ClFN2O3/c1-17(2,3)24-16(23)21-9-5-8-20(10-11-21)15(22)14-12(18)6-4-7-13(14)19/h4,6-7H,5,8-11H2,1-3H3. The zero-order valence-corrected chi connectivity index (χ0v) is 14.9. The Bertz CT molecular complexity index is 611. The molecule has 0 bridgehead atoms. The number of carbonyl (C=O) groups excluding carboxylic acids is 2. The highest BCUT2D eigenvalue weighted by atomic mass is 35.5. The first-order valence-corrected chi connectivity index (χ1v) is 8.28. The second kappa shape index (κ2) is 7.38. The van der Waals surface area contributed by atoms with Gasteiger partial charge in [0, 0.05) is 26.2 Å². The van der Waals surface area contributed by atoms with Gasteiger partial charge in [0.05, 0.1) is 10.6 Å². The summed E-state index contributed by atoms with van der Waals surface area (Å²) in [4.78, 5) is 27.8. The highest BCUT2D eigenvalue weighted by Gasteiger charge is 2.28. The minimum Gasteiger partial charge on any atom is -0.444 e. The predicted octanol–water partition coefficient (Wildman–Crippen LogP) is 3.56. The molecule has 1 heterocycles. The molecule has 132 valence electrons. The third-order valence-corrected chi connectivity index (χ3v) is 3.93. The molecule has 1 fully saturated rings. The van der Waals surface area contributed by atoms with Crippen molar-refractivity contribution in [2.45, 2.75) is 32.8 Å². The summed E-state index contributed by atoms with van der Waals surface area (Å²) in [5.74, 6) is -1.09. The Morgan fingerprint density at radius 3 is 2.38 bits per heavy atom. The molecule has 1 saturated heterocycles. The Kier molecular flexibility index (Phi) is 5.70. The van der Waals surface area contributed by atoms with Crippen LogP contribution in [0.25, 0.3) is 0 Å². The van der Waals surface area contributed by atoms with Gasteiger partial charge in [-0.1, -0.05) is 17.7 Å². The zero-order valence-electron chi connectivity index (χ0n) is 14.1. The van der Waals surface area contributed by atoms with E-state index in [0.29, 0.717) is 32.6 Å². The maximum absolute atomic E-state index is 13.9. The molecule has 1 aliphatic rings. The molecular formula is C17H22ClFN2O3. The lowest BCUT2D eigenvalue weighted by molar-refractivity contribution is 0.0255. The van der Waals surface area contributed by atoms with E-state index in [1.165, 1.54) is 23.1 Å². The van der Waals surface area contributed by atoms with Crippen LogP contribution in [0.4, 0.5) is 9.18 Å². The molecule has 24 heavy (non-hydrogen) atoms. The van der Waals surface area contributed by atoms with E-state index < -0.39 is 23.4 Å². The Labute approximate surface area is 146 Å². The van der Waals surface area contributed by atoms with E-state index in [1.54, 1.807) is 25.7 Å². The number of nitrogens with zero attached hydrogens (tertiary/aromatic N) is 2. The number of benzene rings is 1. The van der Waals surface area contributed by atoms with Crippen LogP contribution < -0.4 is 0 Å². The first kappa shape index (κ1) is 18.5. The quantitative estimate of drug-likeness (QED) is 0.773. The molecule has 2 rings (SSSR count). The van der Waals surface area contributed by atoms with Gasteiger partial charge in [-0.15, -0.1) is 0 Å². The van der Waals surface area contributed by atoms with Crippen molar-refractivity contribution < 1.29 is 18.7 Å². The summed E-state index contributed by atoms with van der Waals surface area (Å²) in [5, 5.41) is 0.0910. The van der Waals surface area contributed by atoms with Crippen LogP contribution >= 0.6 is 11.6 Å². The van der Waals surface area contributed by atoms with Crippen LogP contribution in [0.1, 0.15) is 37.6 Å². The SMILES string of the molecule is CC(C)(C)OC(=O)N1CCCN(C(=O)c2c(F)cccc2Cl)CC1. The molecule has 2 amide bonds.